The molecule has 1 N–H and O–H groups in total. The standard InChI is InChI=1S/C27H32Cl2N4/c1-6-8-16-33(32-20(3)4)26-12-10-25(11-13-26)31-27(9-7-2)30-15-14-21(5)22-17-23(28)19-24(29)18-22/h8-19,31H,6-7H2,1-5H3/b16-8+,21-14+,27-9-,30-15-. The third-order valence-electron chi connectivity index (χ3n) is 4.45. The number of rotatable bonds is 10. The molecule has 2 rings (SSSR count). The van der Waals surface area contributed by atoms with E-state index in [1.54, 1.807) is 12.3 Å². The minimum absolute atomic E-state index is 0.613. The average molecular weight is 483 g/mol. The van der Waals surface area contributed by atoms with Crippen LogP contribution in [0.1, 0.15) is 53.0 Å². The summed E-state index contributed by atoms with van der Waals surface area (Å²) in [7, 11) is 0. The highest BCUT2D eigenvalue weighted by Crippen LogP contribution is 2.24. The highest BCUT2D eigenvalue weighted by Gasteiger charge is 2.03. The average Bonchev–Trinajstić information content (AvgIpc) is 2.76. The second kappa shape index (κ2) is 13.7. The summed E-state index contributed by atoms with van der Waals surface area (Å²) < 4.78 is 0. The van der Waals surface area contributed by atoms with Crippen LogP contribution >= 0.6 is 23.2 Å². The van der Waals surface area contributed by atoms with Crippen LogP contribution in [-0.2, 0) is 0 Å². The normalized spacial score (nSPS) is 12.5. The summed E-state index contributed by atoms with van der Waals surface area (Å²) in [4.78, 5) is 4.60. The van der Waals surface area contributed by atoms with Gasteiger partial charge in [0, 0.05) is 33.9 Å². The molecule has 0 saturated heterocycles. The summed E-state index contributed by atoms with van der Waals surface area (Å²) in [6.45, 7) is 10.2. The largest absolute Gasteiger partial charge is 0.341 e. The fourth-order valence-corrected chi connectivity index (χ4v) is 3.41. The molecule has 0 aliphatic heterocycles. The zero-order chi connectivity index (χ0) is 24.2. The van der Waals surface area contributed by atoms with Crippen LogP contribution in [0.4, 0.5) is 11.4 Å². The summed E-state index contributed by atoms with van der Waals surface area (Å²) in [5.74, 6) is 0.781. The predicted molar refractivity (Wildman–Crippen MR) is 148 cm³/mol. The second-order valence-corrected chi connectivity index (χ2v) is 8.51. The predicted octanol–water partition coefficient (Wildman–Crippen LogP) is 8.96. The number of hydrogen-bond donors (Lipinski definition) is 1. The lowest BCUT2D eigenvalue weighted by molar-refractivity contribution is 1.05. The van der Waals surface area contributed by atoms with Gasteiger partial charge in [-0.25, -0.2) is 10.0 Å². The molecule has 0 saturated carbocycles. The van der Waals surface area contributed by atoms with Gasteiger partial charge in [-0.1, -0.05) is 43.1 Å². The fraction of sp³-hybridized carbons (Fsp3) is 0.259. The molecule has 0 bridgehead atoms. The fourth-order valence-electron chi connectivity index (χ4n) is 2.88. The van der Waals surface area contributed by atoms with Crippen molar-refractivity contribution in [3.8, 4) is 0 Å². The van der Waals surface area contributed by atoms with E-state index in [1.165, 1.54) is 0 Å². The van der Waals surface area contributed by atoms with Gasteiger partial charge in [-0.15, -0.1) is 0 Å². The number of benzene rings is 2. The van der Waals surface area contributed by atoms with E-state index < -0.39 is 0 Å². The maximum atomic E-state index is 6.11. The number of anilines is 2. The Morgan fingerprint density at radius 1 is 0.970 bits per heavy atom. The van der Waals surface area contributed by atoms with Gasteiger partial charge in [0.05, 0.1) is 5.69 Å². The molecule has 33 heavy (non-hydrogen) atoms. The summed E-state index contributed by atoms with van der Waals surface area (Å²) in [6, 6.07) is 13.6. The van der Waals surface area contributed by atoms with Crippen LogP contribution in [0.3, 0.4) is 0 Å². The first kappa shape index (κ1) is 26.4. The molecular formula is C27H32Cl2N4. The van der Waals surface area contributed by atoms with E-state index in [9.17, 15) is 0 Å². The van der Waals surface area contributed by atoms with E-state index in [-0.39, 0.29) is 0 Å². The topological polar surface area (TPSA) is 40.0 Å². The molecule has 2 aromatic rings. The zero-order valence-corrected chi connectivity index (χ0v) is 21.5. The van der Waals surface area contributed by atoms with Gasteiger partial charge >= 0.3 is 0 Å². The number of nitrogens with zero attached hydrogens (tertiary/aromatic N) is 3. The lowest BCUT2D eigenvalue weighted by atomic mass is 10.1. The van der Waals surface area contributed by atoms with Crippen molar-refractivity contribution in [3.63, 3.8) is 0 Å². The molecule has 0 fully saturated rings. The Kier molecular flexibility index (Phi) is 10.9. The second-order valence-electron chi connectivity index (χ2n) is 7.64. The van der Waals surface area contributed by atoms with Gasteiger partial charge in [-0.2, -0.15) is 5.10 Å². The smallest absolute Gasteiger partial charge is 0.126 e. The molecule has 0 amide bonds. The molecule has 2 aromatic carbocycles. The SMILES string of the molecule is CC/C=C/N(N=C(C)C)c1ccc(NC(=C\CC)/N=C\C=C(/C)c2cc(Cl)cc(Cl)c2)cc1. The lowest BCUT2D eigenvalue weighted by Gasteiger charge is -2.16. The van der Waals surface area contributed by atoms with E-state index in [0.717, 1.165) is 46.9 Å². The quantitative estimate of drug-likeness (QED) is 0.271. The summed E-state index contributed by atoms with van der Waals surface area (Å²) in [5.41, 5.74) is 4.93. The van der Waals surface area contributed by atoms with Gasteiger partial charge in [0.25, 0.3) is 0 Å². The van der Waals surface area contributed by atoms with E-state index in [1.807, 2.05) is 80.5 Å². The van der Waals surface area contributed by atoms with Crippen LogP contribution in [0.5, 0.6) is 0 Å². The highest BCUT2D eigenvalue weighted by atomic mass is 35.5. The van der Waals surface area contributed by atoms with Crippen molar-refractivity contribution >= 4 is 52.1 Å². The maximum absolute atomic E-state index is 6.11. The molecule has 0 radical (unpaired) electrons. The lowest BCUT2D eigenvalue weighted by Crippen LogP contribution is -2.09. The first-order valence-electron chi connectivity index (χ1n) is 11.0. The van der Waals surface area contributed by atoms with Crippen molar-refractivity contribution in [1.82, 2.24) is 0 Å². The Bertz CT molecular complexity index is 1040. The van der Waals surface area contributed by atoms with E-state index in [0.29, 0.717) is 10.0 Å². The molecule has 174 valence electrons. The Balaban J connectivity index is 2.15. The number of hydrogen-bond acceptors (Lipinski definition) is 4. The van der Waals surface area contributed by atoms with Gasteiger partial charge in [-0.05, 0) is 99.4 Å². The van der Waals surface area contributed by atoms with Crippen LogP contribution < -0.4 is 10.3 Å². The van der Waals surface area contributed by atoms with Gasteiger partial charge in [0.2, 0.25) is 0 Å². The van der Waals surface area contributed by atoms with E-state index >= 15 is 0 Å². The summed E-state index contributed by atoms with van der Waals surface area (Å²) >= 11 is 12.2. The number of nitrogens with one attached hydrogen (secondary N) is 1. The number of aliphatic imine (C=N–C) groups is 1. The highest BCUT2D eigenvalue weighted by molar-refractivity contribution is 6.34. The maximum Gasteiger partial charge on any atom is 0.126 e. The summed E-state index contributed by atoms with van der Waals surface area (Å²) in [6.07, 6.45) is 11.7. The number of halogens is 2. The van der Waals surface area contributed by atoms with Crippen LogP contribution in [0.2, 0.25) is 10.0 Å². The number of hydrazone groups is 1. The zero-order valence-electron chi connectivity index (χ0n) is 19.9. The minimum Gasteiger partial charge on any atom is -0.341 e. The van der Waals surface area contributed by atoms with Gasteiger partial charge in [0.1, 0.15) is 5.82 Å². The molecule has 0 atom stereocenters. The van der Waals surface area contributed by atoms with Crippen molar-refractivity contribution in [2.45, 2.75) is 47.5 Å². The Hall–Kier alpha value is -2.82. The minimum atomic E-state index is 0.613. The molecule has 0 unspecified atom stereocenters. The van der Waals surface area contributed by atoms with Gasteiger partial charge in [-0.3, -0.25) is 0 Å². The molecule has 0 aromatic heterocycles. The van der Waals surface area contributed by atoms with Crippen LogP contribution in [0.25, 0.3) is 5.57 Å². The summed E-state index contributed by atoms with van der Waals surface area (Å²) in [5, 5.41) is 11.1. The first-order valence-corrected chi connectivity index (χ1v) is 11.8. The van der Waals surface area contributed by atoms with Gasteiger partial charge in [0.15, 0.2) is 0 Å². The van der Waals surface area contributed by atoms with E-state index in [2.05, 4.69) is 35.3 Å². The Morgan fingerprint density at radius 2 is 1.64 bits per heavy atom. The molecule has 0 heterocycles. The van der Waals surface area contributed by atoms with Gasteiger partial charge < -0.3 is 5.32 Å². The van der Waals surface area contributed by atoms with Crippen molar-refractivity contribution in [2.75, 3.05) is 10.3 Å². The molecular weight excluding hydrogens is 451 g/mol. The molecule has 4 nitrogen and oxygen atoms in total. The molecule has 6 heteroatoms. The molecule has 0 spiro atoms. The van der Waals surface area contributed by atoms with Crippen molar-refractivity contribution in [2.24, 2.45) is 10.1 Å². The monoisotopic (exact) mass is 482 g/mol. The number of allylic oxidation sites excluding steroid dienone is 4. The Morgan fingerprint density at radius 3 is 2.21 bits per heavy atom. The van der Waals surface area contributed by atoms with Crippen molar-refractivity contribution in [3.05, 3.63) is 88.3 Å². The first-order chi connectivity index (χ1) is 15.8. The van der Waals surface area contributed by atoms with Crippen LogP contribution in [0.15, 0.2) is 82.8 Å². The Labute approximate surface area is 208 Å². The third kappa shape index (κ3) is 9.29. The molecule has 0 aliphatic carbocycles. The van der Waals surface area contributed by atoms with Crippen molar-refractivity contribution in [1.29, 1.82) is 0 Å². The third-order valence-corrected chi connectivity index (χ3v) is 4.88. The van der Waals surface area contributed by atoms with Crippen LogP contribution in [-0.4, -0.2) is 11.9 Å². The van der Waals surface area contributed by atoms with E-state index in [4.69, 9.17) is 23.2 Å². The molecule has 0 aliphatic rings. The van der Waals surface area contributed by atoms with Crippen LogP contribution in [0, 0.1) is 0 Å². The van der Waals surface area contributed by atoms with Crippen molar-refractivity contribution < 1.29 is 0 Å².